The zero-order valence-corrected chi connectivity index (χ0v) is 11.9. The Morgan fingerprint density at radius 3 is 2.81 bits per heavy atom. The minimum atomic E-state index is -0.839. The molecule has 8 nitrogen and oxygen atoms in total. The molecule has 0 saturated heterocycles. The molecular weight excluding hydrogens is 274 g/mol. The van der Waals surface area contributed by atoms with Gasteiger partial charge in [0.2, 0.25) is 5.91 Å². The van der Waals surface area contributed by atoms with Crippen LogP contribution in [0.5, 0.6) is 0 Å². The lowest BCUT2D eigenvalue weighted by Gasteiger charge is -2.22. The maximum atomic E-state index is 12.0. The van der Waals surface area contributed by atoms with Crippen LogP contribution in [0.25, 0.3) is 0 Å². The Hall–Kier alpha value is -1.96. The molecule has 2 atom stereocenters. The number of carbonyl (C=O) groups excluding carboxylic acids is 1. The first kappa shape index (κ1) is 15.4. The second kappa shape index (κ2) is 7.16. The summed E-state index contributed by atoms with van der Waals surface area (Å²) in [5, 5.41) is 19.7. The van der Waals surface area contributed by atoms with Gasteiger partial charge in [0.25, 0.3) is 0 Å². The van der Waals surface area contributed by atoms with Crippen molar-refractivity contribution in [1.82, 2.24) is 20.3 Å². The third-order valence-electron chi connectivity index (χ3n) is 3.78. The first-order valence-electron chi connectivity index (χ1n) is 7.21. The predicted octanol–water partition coefficient (Wildman–Crippen LogP) is -0.114. The molecule has 21 heavy (non-hydrogen) atoms. The minimum absolute atomic E-state index is 0.0236. The van der Waals surface area contributed by atoms with E-state index < -0.39 is 11.9 Å². The van der Waals surface area contributed by atoms with Crippen LogP contribution in [-0.4, -0.2) is 38.0 Å². The van der Waals surface area contributed by atoms with E-state index in [1.807, 2.05) is 0 Å². The molecule has 0 aliphatic heterocycles. The number of rotatable bonds is 5. The Bertz CT molecular complexity index is 502. The standard InChI is InChI=1S/C13H21N5O3/c14-6-9-7-18(17-16-9)8-12(19)15-11-5-3-1-2-4-10(11)13(20)21/h7,10-11H,1-6,8,14H2,(H,15,19)(H,20,21). The lowest BCUT2D eigenvalue weighted by Crippen LogP contribution is -2.44. The fourth-order valence-corrected chi connectivity index (χ4v) is 2.68. The summed E-state index contributed by atoms with van der Waals surface area (Å²) in [5.74, 6) is -1.60. The molecule has 1 aromatic heterocycles. The number of nitrogens with two attached hydrogens (primary N) is 1. The lowest BCUT2D eigenvalue weighted by atomic mass is 9.95. The van der Waals surface area contributed by atoms with Gasteiger partial charge < -0.3 is 16.2 Å². The van der Waals surface area contributed by atoms with E-state index in [0.717, 1.165) is 19.3 Å². The summed E-state index contributed by atoms with van der Waals surface area (Å²) in [5.41, 5.74) is 6.04. The smallest absolute Gasteiger partial charge is 0.308 e. The summed E-state index contributed by atoms with van der Waals surface area (Å²) >= 11 is 0. The maximum Gasteiger partial charge on any atom is 0.308 e. The van der Waals surface area contributed by atoms with Crippen molar-refractivity contribution in [3.63, 3.8) is 0 Å². The first-order chi connectivity index (χ1) is 10.1. The normalized spacial score (nSPS) is 22.5. The number of carboxylic acids is 1. The Balaban J connectivity index is 1.94. The van der Waals surface area contributed by atoms with Gasteiger partial charge >= 0.3 is 5.97 Å². The highest BCUT2D eigenvalue weighted by molar-refractivity contribution is 5.78. The molecule has 1 saturated carbocycles. The number of aliphatic carboxylic acids is 1. The van der Waals surface area contributed by atoms with Crippen molar-refractivity contribution in [2.45, 2.75) is 51.2 Å². The largest absolute Gasteiger partial charge is 0.481 e. The fraction of sp³-hybridized carbons (Fsp3) is 0.692. The molecule has 1 amide bonds. The molecule has 2 unspecified atom stereocenters. The van der Waals surface area contributed by atoms with Gasteiger partial charge in [-0.25, -0.2) is 4.68 Å². The van der Waals surface area contributed by atoms with Crippen molar-refractivity contribution in [3.05, 3.63) is 11.9 Å². The summed E-state index contributed by atoms with van der Waals surface area (Å²) in [6, 6.07) is -0.310. The molecule has 1 fully saturated rings. The second-order valence-corrected chi connectivity index (χ2v) is 5.37. The SMILES string of the molecule is NCc1cn(CC(=O)NC2CCCCCC2C(=O)O)nn1. The lowest BCUT2D eigenvalue weighted by molar-refractivity contribution is -0.143. The molecule has 2 rings (SSSR count). The van der Waals surface area contributed by atoms with E-state index in [2.05, 4.69) is 15.6 Å². The second-order valence-electron chi connectivity index (χ2n) is 5.37. The third-order valence-corrected chi connectivity index (χ3v) is 3.78. The molecule has 1 heterocycles. The number of nitrogens with one attached hydrogen (secondary N) is 1. The minimum Gasteiger partial charge on any atom is -0.481 e. The number of nitrogens with zero attached hydrogens (tertiary/aromatic N) is 3. The van der Waals surface area contributed by atoms with Gasteiger partial charge in [-0.05, 0) is 12.8 Å². The van der Waals surface area contributed by atoms with E-state index >= 15 is 0 Å². The fourth-order valence-electron chi connectivity index (χ4n) is 2.68. The summed E-state index contributed by atoms with van der Waals surface area (Å²) in [7, 11) is 0. The van der Waals surface area contributed by atoms with Gasteiger partial charge in [-0.2, -0.15) is 0 Å². The van der Waals surface area contributed by atoms with E-state index in [1.165, 1.54) is 4.68 Å². The summed E-state index contributed by atoms with van der Waals surface area (Å²) in [4.78, 5) is 23.3. The van der Waals surface area contributed by atoms with E-state index in [4.69, 9.17) is 5.73 Å². The highest BCUT2D eigenvalue weighted by Crippen LogP contribution is 2.23. The number of hydrogen-bond acceptors (Lipinski definition) is 5. The van der Waals surface area contributed by atoms with Gasteiger partial charge in [0.15, 0.2) is 0 Å². The third kappa shape index (κ3) is 4.25. The van der Waals surface area contributed by atoms with Gasteiger partial charge in [0, 0.05) is 12.6 Å². The first-order valence-corrected chi connectivity index (χ1v) is 7.21. The molecule has 8 heteroatoms. The topological polar surface area (TPSA) is 123 Å². The zero-order valence-electron chi connectivity index (χ0n) is 11.9. The number of hydrogen-bond donors (Lipinski definition) is 3. The van der Waals surface area contributed by atoms with Gasteiger partial charge in [-0.1, -0.05) is 24.5 Å². The average molecular weight is 295 g/mol. The van der Waals surface area contributed by atoms with Crippen molar-refractivity contribution in [2.75, 3.05) is 0 Å². The van der Waals surface area contributed by atoms with Crippen LogP contribution in [0.1, 0.15) is 37.8 Å². The molecule has 4 N–H and O–H groups in total. The van der Waals surface area contributed by atoms with Crippen LogP contribution in [0.2, 0.25) is 0 Å². The molecule has 0 bridgehead atoms. The van der Waals surface area contributed by atoms with Gasteiger partial charge in [0.05, 0.1) is 17.8 Å². The average Bonchev–Trinajstić information content (AvgIpc) is 2.75. The number of carboxylic acid groups (broad SMARTS) is 1. The van der Waals surface area contributed by atoms with Crippen LogP contribution >= 0.6 is 0 Å². The number of aromatic nitrogens is 3. The Morgan fingerprint density at radius 2 is 2.14 bits per heavy atom. The molecule has 1 aromatic rings. The van der Waals surface area contributed by atoms with E-state index in [0.29, 0.717) is 18.5 Å². The highest BCUT2D eigenvalue weighted by atomic mass is 16.4. The van der Waals surface area contributed by atoms with E-state index in [9.17, 15) is 14.7 Å². The van der Waals surface area contributed by atoms with Crippen LogP contribution in [0.15, 0.2) is 6.20 Å². The highest BCUT2D eigenvalue weighted by Gasteiger charge is 2.30. The summed E-state index contributed by atoms with van der Waals surface area (Å²) < 4.78 is 1.41. The van der Waals surface area contributed by atoms with Crippen LogP contribution in [0.4, 0.5) is 0 Å². The number of amides is 1. The molecule has 116 valence electrons. The van der Waals surface area contributed by atoms with Gasteiger partial charge in [0.1, 0.15) is 6.54 Å². The summed E-state index contributed by atoms with van der Waals surface area (Å²) in [6.07, 6.45) is 5.77. The Kier molecular flexibility index (Phi) is 5.26. The van der Waals surface area contributed by atoms with E-state index in [1.54, 1.807) is 6.20 Å². The van der Waals surface area contributed by atoms with Crippen molar-refractivity contribution >= 4 is 11.9 Å². The molecule has 0 spiro atoms. The maximum absolute atomic E-state index is 12.0. The molecular formula is C13H21N5O3. The van der Waals surface area contributed by atoms with Crippen molar-refractivity contribution < 1.29 is 14.7 Å². The van der Waals surface area contributed by atoms with Crippen molar-refractivity contribution in [2.24, 2.45) is 11.7 Å². The quantitative estimate of drug-likeness (QED) is 0.651. The molecule has 0 radical (unpaired) electrons. The van der Waals surface area contributed by atoms with Crippen LogP contribution in [-0.2, 0) is 22.7 Å². The number of carbonyl (C=O) groups is 2. The van der Waals surface area contributed by atoms with Crippen molar-refractivity contribution in [3.8, 4) is 0 Å². The van der Waals surface area contributed by atoms with Gasteiger partial charge in [-0.3, -0.25) is 9.59 Å². The van der Waals surface area contributed by atoms with Crippen LogP contribution in [0, 0.1) is 5.92 Å². The molecule has 1 aliphatic carbocycles. The van der Waals surface area contributed by atoms with E-state index in [-0.39, 0.29) is 25.0 Å². The predicted molar refractivity (Wildman–Crippen MR) is 74.1 cm³/mol. The monoisotopic (exact) mass is 295 g/mol. The Morgan fingerprint density at radius 1 is 1.38 bits per heavy atom. The molecule has 0 aromatic carbocycles. The zero-order chi connectivity index (χ0) is 15.2. The van der Waals surface area contributed by atoms with Crippen molar-refractivity contribution in [1.29, 1.82) is 0 Å². The van der Waals surface area contributed by atoms with Gasteiger partial charge in [-0.15, -0.1) is 5.10 Å². The molecule has 1 aliphatic rings. The van der Waals surface area contributed by atoms with Crippen LogP contribution in [0.3, 0.4) is 0 Å². The van der Waals surface area contributed by atoms with Crippen LogP contribution < -0.4 is 11.1 Å². The Labute approximate surface area is 122 Å². The summed E-state index contributed by atoms with van der Waals surface area (Å²) in [6.45, 7) is 0.293.